The van der Waals surface area contributed by atoms with Crippen molar-refractivity contribution < 1.29 is 0 Å². The smallest absolute Gasteiger partial charge is 0.0488 e. The minimum Gasteiger partial charge on any atom is -0.380 e. The van der Waals surface area contributed by atoms with Crippen LogP contribution in [0.3, 0.4) is 0 Å². The first-order valence-electron chi connectivity index (χ1n) is 6.70. The number of hydrogen-bond donors (Lipinski definition) is 1. The maximum Gasteiger partial charge on any atom is 0.0488 e. The molecule has 0 aromatic heterocycles. The Hall–Kier alpha value is 0.190. The maximum absolute atomic E-state index is 3.74. The van der Waals surface area contributed by atoms with E-state index in [0.29, 0.717) is 6.04 Å². The molecule has 0 bridgehead atoms. The normalized spacial score (nSPS) is 28.1. The van der Waals surface area contributed by atoms with Crippen molar-refractivity contribution in [1.29, 1.82) is 0 Å². The summed E-state index contributed by atoms with van der Waals surface area (Å²) < 4.78 is 2.46. The van der Waals surface area contributed by atoms with Gasteiger partial charge in [0.25, 0.3) is 0 Å². The number of hydrogen-bond acceptors (Lipinski definition) is 2. The summed E-state index contributed by atoms with van der Waals surface area (Å²) in [6.07, 6.45) is 5.42. The summed E-state index contributed by atoms with van der Waals surface area (Å²) in [5.41, 5.74) is 1.24. The van der Waals surface area contributed by atoms with Crippen LogP contribution in [0, 0.1) is 3.57 Å². The lowest BCUT2D eigenvalue weighted by molar-refractivity contribution is 0.193. The molecule has 2 heterocycles. The minimum atomic E-state index is 0.627. The van der Waals surface area contributed by atoms with Crippen LogP contribution < -0.4 is 5.32 Å². The van der Waals surface area contributed by atoms with Crippen LogP contribution in [0.25, 0.3) is 0 Å². The van der Waals surface area contributed by atoms with Crippen LogP contribution >= 0.6 is 38.5 Å². The number of nitrogens with one attached hydrogen (secondary N) is 1. The summed E-state index contributed by atoms with van der Waals surface area (Å²) in [7, 11) is 0. The van der Waals surface area contributed by atoms with Crippen molar-refractivity contribution >= 4 is 44.2 Å². The molecule has 1 aromatic carbocycles. The highest BCUT2D eigenvalue weighted by atomic mass is 127. The summed E-state index contributed by atoms with van der Waals surface area (Å²) in [6.45, 7) is 2.57. The van der Waals surface area contributed by atoms with E-state index in [4.69, 9.17) is 0 Å². The standard InChI is InChI=1S/C14H18BrIN2/c15-11-9-10(16)4-5-12(11)17-13-6-8-18-7-2-1-3-14(13)18/h4-5,9,13-14,17H,1-3,6-8H2. The van der Waals surface area contributed by atoms with Crippen LogP contribution in [0.2, 0.25) is 0 Å². The van der Waals surface area contributed by atoms with E-state index in [1.54, 1.807) is 0 Å². The third-order valence-corrected chi connectivity index (χ3v) is 5.46. The van der Waals surface area contributed by atoms with Gasteiger partial charge in [-0.1, -0.05) is 6.42 Å². The minimum absolute atomic E-state index is 0.627. The van der Waals surface area contributed by atoms with E-state index in [1.165, 1.54) is 52.5 Å². The quantitative estimate of drug-likeness (QED) is 0.724. The highest BCUT2D eigenvalue weighted by molar-refractivity contribution is 14.1. The lowest BCUT2D eigenvalue weighted by Gasteiger charge is -2.33. The lowest BCUT2D eigenvalue weighted by atomic mass is 9.99. The highest BCUT2D eigenvalue weighted by Crippen LogP contribution is 2.32. The SMILES string of the molecule is Brc1cc(I)ccc1NC1CCN2CCCCC12. The third-order valence-electron chi connectivity index (χ3n) is 4.13. The third kappa shape index (κ3) is 2.70. The molecule has 1 N–H and O–H groups in total. The topological polar surface area (TPSA) is 15.3 Å². The zero-order chi connectivity index (χ0) is 12.5. The molecule has 0 radical (unpaired) electrons. The first-order valence-corrected chi connectivity index (χ1v) is 8.57. The summed E-state index contributed by atoms with van der Waals surface area (Å²) in [6, 6.07) is 7.92. The van der Waals surface area contributed by atoms with E-state index in [-0.39, 0.29) is 0 Å². The fourth-order valence-electron chi connectivity index (χ4n) is 3.22. The molecule has 1 aromatic rings. The number of piperidine rings is 1. The van der Waals surface area contributed by atoms with Gasteiger partial charge in [-0.2, -0.15) is 0 Å². The van der Waals surface area contributed by atoms with Gasteiger partial charge >= 0.3 is 0 Å². The Labute approximate surface area is 131 Å². The van der Waals surface area contributed by atoms with Gasteiger partial charge in [-0.3, -0.25) is 4.90 Å². The van der Waals surface area contributed by atoms with Gasteiger partial charge in [-0.15, -0.1) is 0 Å². The van der Waals surface area contributed by atoms with Crippen molar-refractivity contribution in [3.63, 3.8) is 0 Å². The molecule has 4 heteroatoms. The number of fused-ring (bicyclic) bond motifs is 1. The summed E-state index contributed by atoms with van der Waals surface area (Å²) in [5, 5.41) is 3.74. The fourth-order valence-corrected chi connectivity index (χ4v) is 4.63. The lowest BCUT2D eigenvalue weighted by Crippen LogP contribution is -2.41. The van der Waals surface area contributed by atoms with Crippen molar-refractivity contribution in [2.45, 2.75) is 37.8 Å². The molecule has 2 saturated heterocycles. The average Bonchev–Trinajstić information content (AvgIpc) is 2.76. The van der Waals surface area contributed by atoms with Gasteiger partial charge in [-0.25, -0.2) is 0 Å². The van der Waals surface area contributed by atoms with E-state index >= 15 is 0 Å². The Morgan fingerprint density at radius 3 is 2.94 bits per heavy atom. The van der Waals surface area contributed by atoms with Gasteiger partial charge in [0.2, 0.25) is 0 Å². The van der Waals surface area contributed by atoms with Gasteiger partial charge in [0.1, 0.15) is 0 Å². The molecular formula is C14H18BrIN2. The molecule has 0 aliphatic carbocycles. The van der Waals surface area contributed by atoms with Crippen LogP contribution in [-0.4, -0.2) is 30.1 Å². The largest absolute Gasteiger partial charge is 0.380 e. The molecule has 0 spiro atoms. The molecule has 98 valence electrons. The average molecular weight is 421 g/mol. The van der Waals surface area contributed by atoms with E-state index in [9.17, 15) is 0 Å². The Morgan fingerprint density at radius 2 is 2.11 bits per heavy atom. The van der Waals surface area contributed by atoms with Gasteiger partial charge in [0.05, 0.1) is 0 Å². The van der Waals surface area contributed by atoms with E-state index in [1.807, 2.05) is 0 Å². The second kappa shape index (κ2) is 5.67. The van der Waals surface area contributed by atoms with Gasteiger partial charge in [0, 0.05) is 32.4 Å². The van der Waals surface area contributed by atoms with Gasteiger partial charge < -0.3 is 5.32 Å². The summed E-state index contributed by atoms with van der Waals surface area (Å²) in [5.74, 6) is 0. The predicted octanol–water partition coefficient (Wildman–Crippen LogP) is 4.09. The first-order chi connectivity index (χ1) is 8.74. The highest BCUT2D eigenvalue weighted by Gasteiger charge is 2.35. The molecule has 2 aliphatic heterocycles. The predicted molar refractivity (Wildman–Crippen MR) is 88.1 cm³/mol. The van der Waals surface area contributed by atoms with Crippen molar-refractivity contribution in [1.82, 2.24) is 4.90 Å². The molecule has 2 aliphatic rings. The molecular weight excluding hydrogens is 403 g/mol. The van der Waals surface area contributed by atoms with Crippen LogP contribution in [-0.2, 0) is 0 Å². The van der Waals surface area contributed by atoms with Gasteiger partial charge in [0.15, 0.2) is 0 Å². The summed E-state index contributed by atoms with van der Waals surface area (Å²) >= 11 is 6.01. The number of nitrogens with zero attached hydrogens (tertiary/aromatic N) is 1. The molecule has 18 heavy (non-hydrogen) atoms. The van der Waals surface area contributed by atoms with Crippen LogP contribution in [0.1, 0.15) is 25.7 Å². The number of benzene rings is 1. The fraction of sp³-hybridized carbons (Fsp3) is 0.571. The molecule has 0 amide bonds. The molecule has 2 atom stereocenters. The van der Waals surface area contributed by atoms with Crippen LogP contribution in [0.4, 0.5) is 5.69 Å². The second-order valence-corrected chi connectivity index (χ2v) is 7.36. The second-order valence-electron chi connectivity index (χ2n) is 5.26. The molecule has 3 rings (SSSR count). The molecule has 2 fully saturated rings. The van der Waals surface area contributed by atoms with Crippen LogP contribution in [0.15, 0.2) is 22.7 Å². The maximum atomic E-state index is 3.74. The Morgan fingerprint density at radius 1 is 1.22 bits per heavy atom. The molecule has 0 saturated carbocycles. The van der Waals surface area contributed by atoms with Crippen molar-refractivity contribution in [3.8, 4) is 0 Å². The number of anilines is 1. The summed E-state index contributed by atoms with van der Waals surface area (Å²) in [4.78, 5) is 2.67. The van der Waals surface area contributed by atoms with E-state index in [0.717, 1.165) is 6.04 Å². The molecule has 2 unspecified atom stereocenters. The van der Waals surface area contributed by atoms with Gasteiger partial charge in [-0.05, 0) is 82.5 Å². The Balaban J connectivity index is 1.72. The monoisotopic (exact) mass is 420 g/mol. The zero-order valence-electron chi connectivity index (χ0n) is 10.3. The first kappa shape index (κ1) is 13.2. The van der Waals surface area contributed by atoms with E-state index < -0.39 is 0 Å². The molecule has 2 nitrogen and oxygen atoms in total. The Bertz CT molecular complexity index is 438. The Kier molecular flexibility index (Phi) is 4.15. The van der Waals surface area contributed by atoms with Crippen molar-refractivity contribution in [2.75, 3.05) is 18.4 Å². The van der Waals surface area contributed by atoms with Crippen molar-refractivity contribution in [3.05, 3.63) is 26.2 Å². The number of rotatable bonds is 2. The zero-order valence-corrected chi connectivity index (χ0v) is 14.1. The van der Waals surface area contributed by atoms with Crippen LogP contribution in [0.5, 0.6) is 0 Å². The van der Waals surface area contributed by atoms with E-state index in [2.05, 4.69) is 66.9 Å². The number of halogens is 2. The van der Waals surface area contributed by atoms with Crippen molar-refractivity contribution in [2.24, 2.45) is 0 Å².